The minimum Gasteiger partial charge on any atom is -0.427 e. The van der Waals surface area contributed by atoms with Gasteiger partial charge in [0.1, 0.15) is 12.0 Å². The highest BCUT2D eigenvalue weighted by molar-refractivity contribution is 6.20. The molecule has 0 aromatic heterocycles. The van der Waals surface area contributed by atoms with Crippen molar-refractivity contribution in [1.82, 2.24) is 0 Å². The Morgan fingerprint density at radius 1 is 1.41 bits per heavy atom. The van der Waals surface area contributed by atoms with Gasteiger partial charge < -0.3 is 9.53 Å². The molecule has 0 heterocycles. The Bertz CT molecular complexity index is 373. The molecule has 0 fully saturated rings. The molecule has 1 atom stereocenters. The zero-order valence-corrected chi connectivity index (χ0v) is 10.4. The average molecular weight is 255 g/mol. The summed E-state index contributed by atoms with van der Waals surface area (Å²) in [7, 11) is 0. The molecule has 0 radical (unpaired) electrons. The minimum atomic E-state index is -0.334. The summed E-state index contributed by atoms with van der Waals surface area (Å²) in [4.78, 5) is 20.9. The summed E-state index contributed by atoms with van der Waals surface area (Å²) in [6.45, 7) is 1.36. The molecule has 0 amide bonds. The van der Waals surface area contributed by atoms with Crippen molar-refractivity contribution in [3.05, 3.63) is 29.8 Å². The summed E-state index contributed by atoms with van der Waals surface area (Å²) >= 11 is 6.07. The lowest BCUT2D eigenvalue weighted by atomic mass is 10.1. The highest BCUT2D eigenvalue weighted by atomic mass is 35.5. The largest absolute Gasteiger partial charge is 0.427 e. The van der Waals surface area contributed by atoms with Crippen molar-refractivity contribution in [1.29, 1.82) is 0 Å². The van der Waals surface area contributed by atoms with Crippen LogP contribution in [0.1, 0.15) is 25.3 Å². The molecule has 1 rings (SSSR count). The van der Waals surface area contributed by atoms with Crippen LogP contribution in [-0.2, 0) is 16.0 Å². The van der Waals surface area contributed by atoms with E-state index in [4.69, 9.17) is 16.3 Å². The molecule has 0 bridgehead atoms. The molecular formula is C13H15ClO3. The van der Waals surface area contributed by atoms with Gasteiger partial charge in [0, 0.05) is 18.7 Å². The number of halogens is 1. The quantitative estimate of drug-likeness (QED) is 0.339. The van der Waals surface area contributed by atoms with Crippen LogP contribution in [0.2, 0.25) is 0 Å². The van der Waals surface area contributed by atoms with E-state index >= 15 is 0 Å². The highest BCUT2D eigenvalue weighted by Gasteiger charge is 2.06. The van der Waals surface area contributed by atoms with Gasteiger partial charge in [-0.3, -0.25) is 4.79 Å². The molecule has 0 saturated heterocycles. The van der Waals surface area contributed by atoms with Crippen LogP contribution in [0.5, 0.6) is 5.75 Å². The van der Waals surface area contributed by atoms with Gasteiger partial charge in [-0.05, 0) is 30.5 Å². The van der Waals surface area contributed by atoms with Crippen LogP contribution in [0, 0.1) is 0 Å². The van der Waals surface area contributed by atoms with E-state index in [1.807, 2.05) is 12.1 Å². The van der Waals surface area contributed by atoms with E-state index in [9.17, 15) is 9.59 Å². The Kier molecular flexibility index (Phi) is 5.70. The van der Waals surface area contributed by atoms with Crippen molar-refractivity contribution in [3.8, 4) is 5.75 Å². The SMILES string of the molecule is CC(=O)Oc1ccc(CC(Cl)CCC=O)cc1. The fourth-order valence-corrected chi connectivity index (χ4v) is 1.77. The Labute approximate surface area is 106 Å². The summed E-state index contributed by atoms with van der Waals surface area (Å²) < 4.78 is 4.92. The molecule has 1 unspecified atom stereocenters. The first kappa shape index (κ1) is 13.7. The van der Waals surface area contributed by atoms with Crippen LogP contribution >= 0.6 is 11.6 Å². The standard InChI is InChI=1S/C13H15ClO3/c1-10(16)17-13-6-4-11(5-7-13)9-12(14)3-2-8-15/h4-8,12H,2-3,9H2,1H3. The first-order valence-corrected chi connectivity index (χ1v) is 5.90. The van der Waals surface area contributed by atoms with E-state index in [1.54, 1.807) is 12.1 Å². The number of esters is 1. The minimum absolute atomic E-state index is 0.0419. The van der Waals surface area contributed by atoms with Crippen molar-refractivity contribution in [2.75, 3.05) is 0 Å². The molecule has 0 N–H and O–H groups in total. The highest BCUT2D eigenvalue weighted by Crippen LogP contribution is 2.17. The van der Waals surface area contributed by atoms with E-state index in [2.05, 4.69) is 0 Å². The second-order valence-corrected chi connectivity index (χ2v) is 4.40. The van der Waals surface area contributed by atoms with E-state index in [1.165, 1.54) is 6.92 Å². The Morgan fingerprint density at radius 2 is 2.06 bits per heavy atom. The van der Waals surface area contributed by atoms with Crippen molar-refractivity contribution in [2.24, 2.45) is 0 Å². The van der Waals surface area contributed by atoms with Crippen molar-refractivity contribution >= 4 is 23.9 Å². The summed E-state index contributed by atoms with van der Waals surface area (Å²) in [5.41, 5.74) is 1.06. The molecule has 4 heteroatoms. The summed E-state index contributed by atoms with van der Waals surface area (Å²) in [6.07, 6.45) is 2.74. The number of carbonyl (C=O) groups excluding carboxylic acids is 2. The Balaban J connectivity index is 2.49. The van der Waals surface area contributed by atoms with Gasteiger partial charge in [0.05, 0.1) is 0 Å². The van der Waals surface area contributed by atoms with Crippen LogP contribution in [0.4, 0.5) is 0 Å². The number of carbonyl (C=O) groups is 2. The zero-order chi connectivity index (χ0) is 12.7. The van der Waals surface area contributed by atoms with Crippen molar-refractivity contribution < 1.29 is 14.3 Å². The topological polar surface area (TPSA) is 43.4 Å². The van der Waals surface area contributed by atoms with Gasteiger partial charge in [-0.15, -0.1) is 11.6 Å². The Hall–Kier alpha value is -1.35. The number of rotatable bonds is 6. The summed E-state index contributed by atoms with van der Waals surface area (Å²) in [5, 5.41) is -0.0419. The maximum Gasteiger partial charge on any atom is 0.308 e. The molecule has 0 aliphatic carbocycles. The molecule has 0 spiro atoms. The second-order valence-electron chi connectivity index (χ2n) is 3.78. The second kappa shape index (κ2) is 7.07. The monoisotopic (exact) mass is 254 g/mol. The van der Waals surface area contributed by atoms with Gasteiger partial charge in [-0.2, -0.15) is 0 Å². The predicted molar refractivity (Wildman–Crippen MR) is 66.4 cm³/mol. The van der Waals surface area contributed by atoms with Gasteiger partial charge >= 0.3 is 5.97 Å². The number of aldehydes is 1. The van der Waals surface area contributed by atoms with Gasteiger partial charge in [0.25, 0.3) is 0 Å². The number of hydrogen-bond donors (Lipinski definition) is 0. The first-order chi connectivity index (χ1) is 8.11. The molecule has 0 saturated carbocycles. The van der Waals surface area contributed by atoms with Crippen molar-refractivity contribution in [2.45, 2.75) is 31.6 Å². The fraction of sp³-hybridized carbons (Fsp3) is 0.385. The lowest BCUT2D eigenvalue weighted by Crippen LogP contribution is -2.04. The third kappa shape index (κ3) is 5.50. The van der Waals surface area contributed by atoms with Gasteiger partial charge in [-0.25, -0.2) is 0 Å². The molecule has 3 nitrogen and oxygen atoms in total. The Morgan fingerprint density at radius 3 is 2.59 bits per heavy atom. The van der Waals surface area contributed by atoms with Crippen LogP contribution in [0.15, 0.2) is 24.3 Å². The van der Waals surface area contributed by atoms with E-state index < -0.39 is 0 Å². The summed E-state index contributed by atoms with van der Waals surface area (Å²) in [5.74, 6) is 0.194. The molecular weight excluding hydrogens is 240 g/mol. The number of hydrogen-bond acceptors (Lipinski definition) is 3. The number of alkyl halides is 1. The third-order valence-corrected chi connectivity index (χ3v) is 2.61. The van der Waals surface area contributed by atoms with Crippen LogP contribution < -0.4 is 4.74 Å². The smallest absolute Gasteiger partial charge is 0.308 e. The lowest BCUT2D eigenvalue weighted by Gasteiger charge is -2.08. The third-order valence-electron chi connectivity index (χ3n) is 2.24. The van der Waals surface area contributed by atoms with Crippen LogP contribution in [-0.4, -0.2) is 17.6 Å². The van der Waals surface area contributed by atoms with Crippen LogP contribution in [0.25, 0.3) is 0 Å². The van der Waals surface area contributed by atoms with Crippen molar-refractivity contribution in [3.63, 3.8) is 0 Å². The maximum atomic E-state index is 10.7. The lowest BCUT2D eigenvalue weighted by molar-refractivity contribution is -0.131. The van der Waals surface area contributed by atoms with Gasteiger partial charge in [-0.1, -0.05) is 12.1 Å². The zero-order valence-electron chi connectivity index (χ0n) is 9.69. The van der Waals surface area contributed by atoms with E-state index in [-0.39, 0.29) is 11.3 Å². The predicted octanol–water partition coefficient (Wildman–Crippen LogP) is 2.74. The molecule has 92 valence electrons. The normalized spacial score (nSPS) is 11.9. The van der Waals surface area contributed by atoms with Gasteiger partial charge in [0.15, 0.2) is 0 Å². The molecule has 1 aromatic carbocycles. The van der Waals surface area contributed by atoms with E-state index in [0.717, 1.165) is 11.8 Å². The molecule has 0 aliphatic rings. The molecule has 17 heavy (non-hydrogen) atoms. The fourth-order valence-electron chi connectivity index (χ4n) is 1.47. The molecule has 1 aromatic rings. The van der Waals surface area contributed by atoms with Crippen LogP contribution in [0.3, 0.4) is 0 Å². The summed E-state index contributed by atoms with van der Waals surface area (Å²) in [6, 6.07) is 7.21. The van der Waals surface area contributed by atoms with Gasteiger partial charge in [0.2, 0.25) is 0 Å². The molecule has 0 aliphatic heterocycles. The number of benzene rings is 1. The van der Waals surface area contributed by atoms with E-state index in [0.29, 0.717) is 25.0 Å². The number of ether oxygens (including phenoxy) is 1. The maximum absolute atomic E-state index is 10.7. The average Bonchev–Trinajstić information content (AvgIpc) is 2.28. The first-order valence-electron chi connectivity index (χ1n) is 5.47.